The third kappa shape index (κ3) is 5.01. The third-order valence-corrected chi connectivity index (χ3v) is 3.74. The lowest BCUT2D eigenvalue weighted by atomic mass is 10.2. The predicted octanol–water partition coefficient (Wildman–Crippen LogP) is 3.16. The van der Waals surface area contributed by atoms with Crippen LogP contribution in [0.5, 0.6) is 5.75 Å². The second kappa shape index (κ2) is 8.25. The van der Waals surface area contributed by atoms with Crippen LogP contribution >= 0.6 is 15.9 Å². The van der Waals surface area contributed by atoms with Gasteiger partial charge in [0.2, 0.25) is 0 Å². The first-order valence-electron chi connectivity index (χ1n) is 6.95. The number of esters is 1. The summed E-state index contributed by atoms with van der Waals surface area (Å²) >= 11 is 3.02. The average molecular weight is 409 g/mol. The van der Waals surface area contributed by atoms with Crippen molar-refractivity contribution >= 4 is 39.2 Å². The van der Waals surface area contributed by atoms with E-state index in [-0.39, 0.29) is 15.7 Å². The van der Waals surface area contributed by atoms with Crippen molar-refractivity contribution in [2.24, 2.45) is 0 Å². The zero-order valence-electron chi connectivity index (χ0n) is 13.0. The number of nitrogens with one attached hydrogen (secondary N) is 1. The molecule has 2 aromatic rings. The van der Waals surface area contributed by atoms with Gasteiger partial charge in [-0.05, 0) is 40.2 Å². The number of nitro groups is 1. The minimum Gasteiger partial charge on any atom is -0.497 e. The average Bonchev–Trinajstić information content (AvgIpc) is 2.60. The Labute approximate surface area is 151 Å². The van der Waals surface area contributed by atoms with E-state index in [9.17, 15) is 19.7 Å². The van der Waals surface area contributed by atoms with E-state index < -0.39 is 23.4 Å². The van der Waals surface area contributed by atoms with Gasteiger partial charge in [0.15, 0.2) is 6.61 Å². The highest BCUT2D eigenvalue weighted by molar-refractivity contribution is 9.10. The number of amides is 1. The van der Waals surface area contributed by atoms with Crippen LogP contribution < -0.4 is 10.1 Å². The van der Waals surface area contributed by atoms with Gasteiger partial charge in [0.05, 0.1) is 22.1 Å². The molecule has 0 spiro atoms. The number of hydrogen-bond donors (Lipinski definition) is 1. The molecule has 0 saturated heterocycles. The van der Waals surface area contributed by atoms with Gasteiger partial charge in [-0.15, -0.1) is 0 Å². The lowest BCUT2D eigenvalue weighted by Gasteiger charge is -2.08. The topological polar surface area (TPSA) is 108 Å². The molecule has 0 unspecified atom stereocenters. The van der Waals surface area contributed by atoms with Crippen LogP contribution in [-0.4, -0.2) is 30.5 Å². The summed E-state index contributed by atoms with van der Waals surface area (Å²) in [6, 6.07) is 10.5. The van der Waals surface area contributed by atoms with Gasteiger partial charge in [-0.3, -0.25) is 14.9 Å². The molecular weight excluding hydrogens is 396 g/mol. The molecule has 130 valence electrons. The van der Waals surface area contributed by atoms with Crippen LogP contribution in [0.25, 0.3) is 0 Å². The number of halogens is 1. The molecule has 0 aliphatic rings. The van der Waals surface area contributed by atoms with Gasteiger partial charge in [0.1, 0.15) is 5.75 Å². The first kappa shape index (κ1) is 18.4. The molecule has 0 heterocycles. The highest BCUT2D eigenvalue weighted by atomic mass is 79.9. The molecule has 9 heteroatoms. The van der Waals surface area contributed by atoms with Crippen LogP contribution in [0, 0.1) is 10.1 Å². The Balaban J connectivity index is 1.96. The molecule has 0 bridgehead atoms. The van der Waals surface area contributed by atoms with Gasteiger partial charge >= 0.3 is 5.97 Å². The second-order valence-electron chi connectivity index (χ2n) is 4.78. The first-order valence-corrected chi connectivity index (χ1v) is 7.75. The Hall–Kier alpha value is -2.94. The van der Waals surface area contributed by atoms with Crippen molar-refractivity contribution in [2.45, 2.75) is 0 Å². The highest BCUT2D eigenvalue weighted by Gasteiger charge is 2.17. The van der Waals surface area contributed by atoms with E-state index in [0.29, 0.717) is 11.4 Å². The minimum absolute atomic E-state index is 0.0240. The number of rotatable bonds is 6. The largest absolute Gasteiger partial charge is 0.497 e. The molecule has 2 aromatic carbocycles. The van der Waals surface area contributed by atoms with Gasteiger partial charge < -0.3 is 14.8 Å². The Morgan fingerprint density at radius 1 is 1.24 bits per heavy atom. The Kier molecular flexibility index (Phi) is 6.07. The van der Waals surface area contributed by atoms with E-state index in [1.807, 2.05) is 0 Å². The lowest BCUT2D eigenvalue weighted by Crippen LogP contribution is -2.21. The van der Waals surface area contributed by atoms with Crippen molar-refractivity contribution in [2.75, 3.05) is 19.0 Å². The van der Waals surface area contributed by atoms with E-state index >= 15 is 0 Å². The molecule has 25 heavy (non-hydrogen) atoms. The van der Waals surface area contributed by atoms with Crippen molar-refractivity contribution in [3.05, 3.63) is 62.6 Å². The molecular formula is C16H13BrN2O6. The van der Waals surface area contributed by atoms with Gasteiger partial charge in [-0.1, -0.05) is 6.07 Å². The number of nitrogens with zero attached hydrogens (tertiary/aromatic N) is 1. The molecule has 0 atom stereocenters. The van der Waals surface area contributed by atoms with E-state index in [4.69, 9.17) is 9.47 Å². The standard InChI is InChI=1S/C16H13BrN2O6/c1-24-12-4-2-3-11(8-12)18-15(20)9-25-16(21)10-5-6-13(17)14(7-10)19(22)23/h2-8H,9H2,1H3,(H,18,20). The van der Waals surface area contributed by atoms with E-state index in [1.54, 1.807) is 24.3 Å². The molecule has 0 fully saturated rings. The van der Waals surface area contributed by atoms with Crippen LogP contribution in [0.3, 0.4) is 0 Å². The molecule has 1 N–H and O–H groups in total. The summed E-state index contributed by atoms with van der Waals surface area (Å²) in [5.74, 6) is -0.818. The van der Waals surface area contributed by atoms with Crippen LogP contribution in [-0.2, 0) is 9.53 Å². The minimum atomic E-state index is -0.837. The van der Waals surface area contributed by atoms with Crippen LogP contribution in [0.15, 0.2) is 46.9 Å². The highest BCUT2D eigenvalue weighted by Crippen LogP contribution is 2.25. The molecule has 0 aliphatic heterocycles. The molecule has 0 aromatic heterocycles. The predicted molar refractivity (Wildman–Crippen MR) is 92.7 cm³/mol. The van der Waals surface area contributed by atoms with Crippen molar-refractivity contribution < 1.29 is 24.0 Å². The first-order chi connectivity index (χ1) is 11.9. The van der Waals surface area contributed by atoms with Crippen molar-refractivity contribution in [3.8, 4) is 5.75 Å². The van der Waals surface area contributed by atoms with E-state index in [1.165, 1.54) is 19.2 Å². The summed E-state index contributed by atoms with van der Waals surface area (Å²) < 4.78 is 10.2. The van der Waals surface area contributed by atoms with Crippen LogP contribution in [0.2, 0.25) is 0 Å². The maximum absolute atomic E-state index is 11.9. The monoisotopic (exact) mass is 408 g/mol. The van der Waals surface area contributed by atoms with E-state index in [0.717, 1.165) is 6.07 Å². The summed E-state index contributed by atoms with van der Waals surface area (Å²) in [7, 11) is 1.50. The number of benzene rings is 2. The number of carbonyl (C=O) groups excluding carboxylic acids is 2. The zero-order chi connectivity index (χ0) is 18.4. The Morgan fingerprint density at radius 2 is 2.00 bits per heavy atom. The fourth-order valence-corrected chi connectivity index (χ4v) is 2.28. The summed E-state index contributed by atoms with van der Waals surface area (Å²) in [6.07, 6.45) is 0. The molecule has 8 nitrogen and oxygen atoms in total. The van der Waals surface area contributed by atoms with Crippen molar-refractivity contribution in [3.63, 3.8) is 0 Å². The summed E-state index contributed by atoms with van der Waals surface area (Å²) in [5.41, 5.74) is 0.194. The molecule has 0 radical (unpaired) electrons. The quantitative estimate of drug-likeness (QED) is 0.446. The van der Waals surface area contributed by atoms with Crippen molar-refractivity contribution in [1.82, 2.24) is 0 Å². The molecule has 1 amide bonds. The molecule has 0 aliphatic carbocycles. The number of hydrogen-bond acceptors (Lipinski definition) is 6. The normalized spacial score (nSPS) is 10.0. The van der Waals surface area contributed by atoms with E-state index in [2.05, 4.69) is 21.2 Å². The maximum Gasteiger partial charge on any atom is 0.338 e. The summed E-state index contributed by atoms with van der Waals surface area (Å²) in [4.78, 5) is 34.0. The Morgan fingerprint density at radius 3 is 2.68 bits per heavy atom. The lowest BCUT2D eigenvalue weighted by molar-refractivity contribution is -0.385. The van der Waals surface area contributed by atoms with Gasteiger partial charge in [-0.25, -0.2) is 4.79 Å². The fraction of sp³-hybridized carbons (Fsp3) is 0.125. The van der Waals surface area contributed by atoms with Gasteiger partial charge in [-0.2, -0.15) is 0 Å². The van der Waals surface area contributed by atoms with Crippen molar-refractivity contribution in [1.29, 1.82) is 0 Å². The number of carbonyl (C=O) groups is 2. The molecule has 0 saturated carbocycles. The SMILES string of the molecule is COc1cccc(NC(=O)COC(=O)c2ccc(Br)c([N+](=O)[O-])c2)c1. The summed E-state index contributed by atoms with van der Waals surface area (Å²) in [6.45, 7) is -0.528. The smallest absolute Gasteiger partial charge is 0.338 e. The number of nitro benzene ring substituents is 1. The molecule has 2 rings (SSSR count). The maximum atomic E-state index is 11.9. The van der Waals surface area contributed by atoms with Crippen LogP contribution in [0.1, 0.15) is 10.4 Å². The van der Waals surface area contributed by atoms with Gasteiger partial charge in [0.25, 0.3) is 11.6 Å². The third-order valence-electron chi connectivity index (χ3n) is 3.07. The number of methoxy groups -OCH3 is 1. The second-order valence-corrected chi connectivity index (χ2v) is 5.63. The van der Waals surface area contributed by atoms with Crippen LogP contribution in [0.4, 0.5) is 11.4 Å². The zero-order valence-corrected chi connectivity index (χ0v) is 14.6. The Bertz CT molecular complexity index is 824. The summed E-state index contributed by atoms with van der Waals surface area (Å²) in [5, 5.41) is 13.4. The van der Waals surface area contributed by atoms with Gasteiger partial charge in [0, 0.05) is 17.8 Å². The number of ether oxygens (including phenoxy) is 2. The number of anilines is 1. The fourth-order valence-electron chi connectivity index (χ4n) is 1.89.